The van der Waals surface area contributed by atoms with E-state index in [2.05, 4.69) is 5.10 Å². The van der Waals surface area contributed by atoms with Gasteiger partial charge in [0.15, 0.2) is 0 Å². The summed E-state index contributed by atoms with van der Waals surface area (Å²) >= 11 is 0. The van der Waals surface area contributed by atoms with Crippen LogP contribution in [0.4, 0.5) is 5.69 Å². The van der Waals surface area contributed by atoms with Gasteiger partial charge in [-0.1, -0.05) is 12.1 Å². The van der Waals surface area contributed by atoms with Gasteiger partial charge in [-0.2, -0.15) is 5.10 Å². The average Bonchev–Trinajstić information content (AvgIpc) is 3.17. The van der Waals surface area contributed by atoms with Crippen molar-refractivity contribution in [2.75, 3.05) is 7.11 Å². The van der Waals surface area contributed by atoms with Gasteiger partial charge < -0.3 is 9.84 Å². The molecule has 1 N–H and O–H groups in total. The van der Waals surface area contributed by atoms with E-state index in [4.69, 9.17) is 9.84 Å². The molecule has 2 aromatic carbocycles. The number of carboxylic acid groups (broad SMARTS) is 1. The minimum Gasteiger partial charge on any atom is -0.497 e. The predicted molar refractivity (Wildman–Crippen MR) is 104 cm³/mol. The summed E-state index contributed by atoms with van der Waals surface area (Å²) in [7, 11) is 1.57. The highest BCUT2D eigenvalue weighted by atomic mass is 16.6. The fourth-order valence-electron chi connectivity index (χ4n) is 3.10. The summed E-state index contributed by atoms with van der Waals surface area (Å²) in [6.07, 6.45) is -0.0726. The third kappa shape index (κ3) is 4.57. The van der Waals surface area contributed by atoms with Crippen molar-refractivity contribution in [3.8, 4) is 5.75 Å². The number of amides is 1. The largest absolute Gasteiger partial charge is 0.497 e. The van der Waals surface area contributed by atoms with E-state index in [1.807, 2.05) is 12.1 Å². The van der Waals surface area contributed by atoms with E-state index in [1.54, 1.807) is 31.4 Å². The highest BCUT2D eigenvalue weighted by Gasteiger charge is 2.33. The van der Waals surface area contributed by atoms with Gasteiger partial charge in [0, 0.05) is 25.0 Å². The lowest BCUT2D eigenvalue weighted by molar-refractivity contribution is -0.384. The standard InChI is InChI=1S/C20H19N3O6/c1-29-16-8-4-13(5-9-16)17-12-18(14-2-6-15(7-3-14)23(27)28)22(21-17)19(24)10-11-20(25)26/h2-9,18H,10-12H2,1H3,(H,25,26)/t18-/m0/s1. The topological polar surface area (TPSA) is 122 Å². The molecule has 0 aliphatic carbocycles. The third-order valence-electron chi connectivity index (χ3n) is 4.63. The van der Waals surface area contributed by atoms with E-state index >= 15 is 0 Å². The lowest BCUT2D eigenvalue weighted by Crippen LogP contribution is -2.27. The first-order valence-corrected chi connectivity index (χ1v) is 8.89. The minimum absolute atomic E-state index is 0.0493. The van der Waals surface area contributed by atoms with Gasteiger partial charge in [-0.05, 0) is 35.4 Å². The molecule has 1 atom stereocenters. The van der Waals surface area contributed by atoms with Crippen LogP contribution >= 0.6 is 0 Å². The smallest absolute Gasteiger partial charge is 0.303 e. The van der Waals surface area contributed by atoms with Crippen molar-refractivity contribution in [2.24, 2.45) is 5.10 Å². The molecule has 9 nitrogen and oxygen atoms in total. The van der Waals surface area contributed by atoms with E-state index in [0.717, 1.165) is 5.56 Å². The van der Waals surface area contributed by atoms with Crippen LogP contribution in [0.2, 0.25) is 0 Å². The SMILES string of the molecule is COc1ccc(C2=NN(C(=O)CCC(=O)O)[C@H](c3ccc([N+](=O)[O-])cc3)C2)cc1. The van der Waals surface area contributed by atoms with Crippen molar-refractivity contribution in [1.29, 1.82) is 0 Å². The zero-order valence-corrected chi connectivity index (χ0v) is 15.6. The molecule has 9 heteroatoms. The van der Waals surface area contributed by atoms with E-state index in [9.17, 15) is 19.7 Å². The van der Waals surface area contributed by atoms with Crippen LogP contribution in [0.1, 0.15) is 36.4 Å². The molecular formula is C20H19N3O6. The Kier molecular flexibility index (Phi) is 5.87. The van der Waals surface area contributed by atoms with Crippen molar-refractivity contribution in [3.05, 3.63) is 69.8 Å². The quantitative estimate of drug-likeness (QED) is 0.566. The van der Waals surface area contributed by atoms with Crippen LogP contribution in [-0.2, 0) is 9.59 Å². The van der Waals surface area contributed by atoms with Gasteiger partial charge in [-0.3, -0.25) is 19.7 Å². The number of nitro groups is 1. The molecule has 29 heavy (non-hydrogen) atoms. The number of benzene rings is 2. The van der Waals surface area contributed by atoms with Gasteiger partial charge in [0.1, 0.15) is 5.75 Å². The second-order valence-electron chi connectivity index (χ2n) is 6.48. The second kappa shape index (κ2) is 8.51. The lowest BCUT2D eigenvalue weighted by Gasteiger charge is -2.21. The zero-order chi connectivity index (χ0) is 21.0. The molecule has 0 saturated heterocycles. The molecule has 0 fully saturated rings. The number of methoxy groups -OCH3 is 1. The van der Waals surface area contributed by atoms with Crippen LogP contribution in [0, 0.1) is 10.1 Å². The molecule has 1 heterocycles. The van der Waals surface area contributed by atoms with Crippen molar-refractivity contribution in [3.63, 3.8) is 0 Å². The normalized spacial score (nSPS) is 15.7. The number of nitro benzene ring substituents is 1. The highest BCUT2D eigenvalue weighted by Crippen LogP contribution is 2.34. The van der Waals surface area contributed by atoms with Gasteiger partial charge in [0.2, 0.25) is 5.91 Å². The van der Waals surface area contributed by atoms with Gasteiger partial charge in [0.25, 0.3) is 5.69 Å². The Labute approximate surface area is 166 Å². The zero-order valence-electron chi connectivity index (χ0n) is 15.6. The molecule has 1 aliphatic rings. The molecule has 2 aromatic rings. The summed E-state index contributed by atoms with van der Waals surface area (Å²) in [4.78, 5) is 33.9. The first-order valence-electron chi connectivity index (χ1n) is 8.89. The van der Waals surface area contributed by atoms with Crippen LogP contribution in [0.5, 0.6) is 5.75 Å². The monoisotopic (exact) mass is 397 g/mol. The summed E-state index contributed by atoms with van der Waals surface area (Å²) in [5.74, 6) is -0.795. The number of aliphatic carboxylic acids is 1. The molecule has 0 unspecified atom stereocenters. The van der Waals surface area contributed by atoms with Crippen molar-refractivity contribution in [2.45, 2.75) is 25.3 Å². The van der Waals surface area contributed by atoms with E-state index in [1.165, 1.54) is 17.1 Å². The van der Waals surface area contributed by atoms with Crippen molar-refractivity contribution < 1.29 is 24.4 Å². The van der Waals surface area contributed by atoms with Crippen LogP contribution < -0.4 is 4.74 Å². The Morgan fingerprint density at radius 2 is 1.83 bits per heavy atom. The summed E-state index contributed by atoms with van der Waals surface area (Å²) in [5.41, 5.74) is 2.12. The Bertz CT molecular complexity index is 953. The number of rotatable bonds is 7. The molecule has 0 saturated carbocycles. The number of nitrogens with zero attached hydrogens (tertiary/aromatic N) is 3. The summed E-state index contributed by atoms with van der Waals surface area (Å²) in [5, 5.41) is 25.5. The van der Waals surface area contributed by atoms with Crippen molar-refractivity contribution >= 4 is 23.3 Å². The van der Waals surface area contributed by atoms with Gasteiger partial charge in [0.05, 0.1) is 30.2 Å². The molecule has 0 aromatic heterocycles. The Morgan fingerprint density at radius 3 is 2.38 bits per heavy atom. The van der Waals surface area contributed by atoms with Gasteiger partial charge in [-0.15, -0.1) is 0 Å². The average molecular weight is 397 g/mol. The molecular weight excluding hydrogens is 378 g/mol. The summed E-state index contributed by atoms with van der Waals surface area (Å²) < 4.78 is 5.15. The minimum atomic E-state index is -1.07. The number of hydrazone groups is 1. The molecule has 0 bridgehead atoms. The molecule has 3 rings (SSSR count). The molecule has 1 aliphatic heterocycles. The first kappa shape index (κ1) is 20.0. The van der Waals surface area contributed by atoms with Crippen LogP contribution in [-0.4, -0.2) is 39.7 Å². The van der Waals surface area contributed by atoms with E-state index < -0.39 is 22.8 Å². The van der Waals surface area contributed by atoms with Crippen LogP contribution in [0.15, 0.2) is 53.6 Å². The summed E-state index contributed by atoms with van der Waals surface area (Å²) in [6, 6.07) is 12.7. The number of ether oxygens (including phenoxy) is 1. The maximum atomic E-state index is 12.6. The first-order chi connectivity index (χ1) is 13.9. The molecule has 1 amide bonds. The fourth-order valence-corrected chi connectivity index (χ4v) is 3.10. The molecule has 0 radical (unpaired) electrons. The second-order valence-corrected chi connectivity index (χ2v) is 6.48. The number of hydrogen-bond acceptors (Lipinski definition) is 6. The van der Waals surface area contributed by atoms with E-state index in [-0.39, 0.29) is 18.5 Å². The van der Waals surface area contributed by atoms with Crippen molar-refractivity contribution in [1.82, 2.24) is 5.01 Å². The number of carboxylic acids is 1. The van der Waals surface area contributed by atoms with Crippen LogP contribution in [0.25, 0.3) is 0 Å². The maximum absolute atomic E-state index is 12.6. The number of non-ortho nitro benzene ring substituents is 1. The van der Waals surface area contributed by atoms with Gasteiger partial charge in [-0.25, -0.2) is 5.01 Å². The highest BCUT2D eigenvalue weighted by molar-refractivity contribution is 6.03. The third-order valence-corrected chi connectivity index (χ3v) is 4.63. The lowest BCUT2D eigenvalue weighted by atomic mass is 9.98. The summed E-state index contributed by atoms with van der Waals surface area (Å²) in [6.45, 7) is 0. The predicted octanol–water partition coefficient (Wildman–Crippen LogP) is 3.15. The van der Waals surface area contributed by atoms with Gasteiger partial charge >= 0.3 is 5.97 Å². The Morgan fingerprint density at radius 1 is 1.17 bits per heavy atom. The van der Waals surface area contributed by atoms with Crippen LogP contribution in [0.3, 0.4) is 0 Å². The Balaban J connectivity index is 1.89. The number of hydrogen-bond donors (Lipinski definition) is 1. The molecule has 150 valence electrons. The van der Waals surface area contributed by atoms with E-state index in [0.29, 0.717) is 23.4 Å². The Hall–Kier alpha value is -3.75. The molecule has 0 spiro atoms. The number of carbonyl (C=O) groups excluding carboxylic acids is 1. The fraction of sp³-hybridized carbons (Fsp3) is 0.250. The number of carbonyl (C=O) groups is 2. The maximum Gasteiger partial charge on any atom is 0.303 e.